The summed E-state index contributed by atoms with van der Waals surface area (Å²) in [4.78, 5) is 3.15. The number of rotatable bonds is 0. The van der Waals surface area contributed by atoms with Crippen LogP contribution in [0.25, 0.3) is 0 Å². The molecule has 0 aromatic rings. The molecule has 0 atom stereocenters. The molecule has 0 bridgehead atoms. The summed E-state index contributed by atoms with van der Waals surface area (Å²) >= 11 is 0. The van der Waals surface area contributed by atoms with E-state index in [2.05, 4.69) is 9.73 Å². The molecule has 0 spiro atoms. The van der Waals surface area contributed by atoms with Crippen molar-refractivity contribution < 1.29 is 17.9 Å². The average molecular weight is 137 g/mol. The zero-order chi connectivity index (χ0) is 6.91. The average Bonchev–Trinajstić information content (AvgIpc) is 1.53. The standard InChI is InChI=1S/C4H2F3NO/c5-4(6,7)9-3-1-2-8-3/h1-2H. The molecule has 1 heterocycles. The predicted molar refractivity (Wildman–Crippen MR) is 23.7 cm³/mol. The number of ether oxygens (including phenoxy) is 1. The first-order valence-electron chi connectivity index (χ1n) is 2.08. The summed E-state index contributed by atoms with van der Waals surface area (Å²) in [5.41, 5.74) is 0. The van der Waals surface area contributed by atoms with Crippen LogP contribution in [0.1, 0.15) is 0 Å². The van der Waals surface area contributed by atoms with E-state index in [0.717, 1.165) is 6.08 Å². The maximum atomic E-state index is 11.2. The number of hydrogen-bond acceptors (Lipinski definition) is 2. The topological polar surface area (TPSA) is 21.6 Å². The van der Waals surface area contributed by atoms with Crippen molar-refractivity contribution >= 4 is 5.90 Å². The third-order valence-electron chi connectivity index (χ3n) is 0.639. The van der Waals surface area contributed by atoms with Gasteiger partial charge in [-0.05, 0) is 0 Å². The van der Waals surface area contributed by atoms with Crippen molar-refractivity contribution in [1.82, 2.24) is 0 Å². The van der Waals surface area contributed by atoms with Crippen LogP contribution in [0.15, 0.2) is 17.3 Å². The van der Waals surface area contributed by atoms with Crippen LogP contribution in [0.5, 0.6) is 0 Å². The van der Waals surface area contributed by atoms with Gasteiger partial charge in [-0.15, -0.1) is 13.2 Å². The molecule has 0 saturated heterocycles. The fourth-order valence-electron chi connectivity index (χ4n) is 0.314. The molecule has 0 unspecified atom stereocenters. The Morgan fingerprint density at radius 1 is 1.44 bits per heavy atom. The summed E-state index contributed by atoms with van der Waals surface area (Å²) in [7, 11) is 0. The summed E-state index contributed by atoms with van der Waals surface area (Å²) in [6, 6.07) is 0. The highest BCUT2D eigenvalue weighted by Gasteiger charge is 2.32. The first-order valence-corrected chi connectivity index (χ1v) is 2.08. The van der Waals surface area contributed by atoms with Crippen LogP contribution in [0.2, 0.25) is 0 Å². The molecule has 0 radical (unpaired) electrons. The van der Waals surface area contributed by atoms with Gasteiger partial charge in [0.15, 0.2) is 0 Å². The summed E-state index contributed by atoms with van der Waals surface area (Å²) in [5.74, 6) is -0.387. The minimum absolute atomic E-state index is 0.387. The normalized spacial score (nSPS) is 16.6. The van der Waals surface area contributed by atoms with Crippen LogP contribution >= 0.6 is 0 Å². The SMILES string of the molecule is FC(F)(F)OC1=NC=C1. The first kappa shape index (κ1) is 6.12. The van der Waals surface area contributed by atoms with Crippen molar-refractivity contribution in [3.8, 4) is 0 Å². The molecule has 0 saturated carbocycles. The number of alkyl halides is 3. The van der Waals surface area contributed by atoms with Gasteiger partial charge in [0.1, 0.15) is 0 Å². The van der Waals surface area contributed by atoms with Crippen LogP contribution in [0.4, 0.5) is 13.2 Å². The highest BCUT2D eigenvalue weighted by atomic mass is 19.4. The van der Waals surface area contributed by atoms with Gasteiger partial charge in [0, 0.05) is 12.3 Å². The van der Waals surface area contributed by atoms with Gasteiger partial charge >= 0.3 is 6.36 Å². The van der Waals surface area contributed by atoms with E-state index >= 15 is 0 Å². The maximum absolute atomic E-state index is 11.2. The largest absolute Gasteiger partial charge is 0.574 e. The Kier molecular flexibility index (Phi) is 1.19. The van der Waals surface area contributed by atoms with Crippen LogP contribution in [-0.2, 0) is 4.74 Å². The van der Waals surface area contributed by atoms with Crippen molar-refractivity contribution in [2.24, 2.45) is 4.99 Å². The van der Waals surface area contributed by atoms with E-state index in [-0.39, 0.29) is 5.90 Å². The van der Waals surface area contributed by atoms with Gasteiger partial charge in [-0.25, -0.2) is 4.99 Å². The molecule has 50 valence electrons. The Morgan fingerprint density at radius 2 is 2.00 bits per heavy atom. The molecule has 1 aliphatic rings. The fourth-order valence-corrected chi connectivity index (χ4v) is 0.314. The van der Waals surface area contributed by atoms with Gasteiger partial charge < -0.3 is 4.74 Å². The monoisotopic (exact) mass is 137 g/mol. The van der Waals surface area contributed by atoms with Crippen LogP contribution in [0.3, 0.4) is 0 Å². The van der Waals surface area contributed by atoms with E-state index in [0.29, 0.717) is 0 Å². The van der Waals surface area contributed by atoms with Crippen molar-refractivity contribution in [2.45, 2.75) is 6.36 Å². The van der Waals surface area contributed by atoms with E-state index in [4.69, 9.17) is 0 Å². The van der Waals surface area contributed by atoms with Gasteiger partial charge in [-0.2, -0.15) is 0 Å². The Labute approximate surface area is 48.6 Å². The Morgan fingerprint density at radius 3 is 2.11 bits per heavy atom. The molecule has 5 heteroatoms. The van der Waals surface area contributed by atoms with Gasteiger partial charge in [-0.3, -0.25) is 0 Å². The highest BCUT2D eigenvalue weighted by Crippen LogP contribution is 2.18. The molecule has 9 heavy (non-hydrogen) atoms. The summed E-state index contributed by atoms with van der Waals surface area (Å²) in [6.45, 7) is 0. The lowest BCUT2D eigenvalue weighted by atomic mass is 10.5. The summed E-state index contributed by atoms with van der Waals surface area (Å²) in [5, 5.41) is 0. The van der Waals surface area contributed by atoms with Gasteiger partial charge in [0.2, 0.25) is 5.90 Å². The molecular weight excluding hydrogens is 135 g/mol. The number of hydrogen-bond donors (Lipinski definition) is 0. The molecule has 0 aliphatic carbocycles. The Bertz CT molecular complexity index is 169. The highest BCUT2D eigenvalue weighted by molar-refractivity contribution is 5.92. The number of aliphatic imine (C=N–C) groups is 1. The van der Waals surface area contributed by atoms with E-state index in [1.165, 1.54) is 6.20 Å². The van der Waals surface area contributed by atoms with Gasteiger partial charge in [0.25, 0.3) is 0 Å². The molecule has 0 amide bonds. The first-order chi connectivity index (χ1) is 4.08. The van der Waals surface area contributed by atoms with Crippen LogP contribution in [-0.4, -0.2) is 12.3 Å². The second kappa shape index (κ2) is 1.75. The maximum Gasteiger partial charge on any atom is 0.574 e. The summed E-state index contributed by atoms with van der Waals surface area (Å²) < 4.78 is 36.9. The minimum atomic E-state index is -4.61. The van der Waals surface area contributed by atoms with E-state index < -0.39 is 6.36 Å². The van der Waals surface area contributed by atoms with Crippen molar-refractivity contribution in [3.05, 3.63) is 12.3 Å². The molecule has 1 aliphatic heterocycles. The number of halogens is 3. The molecule has 0 aromatic heterocycles. The van der Waals surface area contributed by atoms with Crippen molar-refractivity contribution in [3.63, 3.8) is 0 Å². The zero-order valence-electron chi connectivity index (χ0n) is 4.14. The second-order valence-electron chi connectivity index (χ2n) is 1.33. The molecular formula is C4H2F3NO. The van der Waals surface area contributed by atoms with E-state index in [1.54, 1.807) is 0 Å². The molecule has 0 fully saturated rings. The predicted octanol–water partition coefficient (Wildman–Crippen LogP) is 1.45. The fraction of sp³-hybridized carbons (Fsp3) is 0.250. The molecule has 0 aromatic carbocycles. The quantitative estimate of drug-likeness (QED) is 0.495. The zero-order valence-corrected chi connectivity index (χ0v) is 4.14. The van der Waals surface area contributed by atoms with Gasteiger partial charge in [0.05, 0.1) is 0 Å². The number of nitrogens with zero attached hydrogens (tertiary/aromatic N) is 1. The lowest BCUT2D eigenvalue weighted by molar-refractivity contribution is -0.283. The van der Waals surface area contributed by atoms with Crippen LogP contribution in [0, 0.1) is 0 Å². The van der Waals surface area contributed by atoms with Crippen LogP contribution < -0.4 is 0 Å². The minimum Gasteiger partial charge on any atom is -0.388 e. The smallest absolute Gasteiger partial charge is 0.388 e. The van der Waals surface area contributed by atoms with E-state index in [1.807, 2.05) is 0 Å². The van der Waals surface area contributed by atoms with Crippen molar-refractivity contribution in [1.29, 1.82) is 0 Å². The van der Waals surface area contributed by atoms with Crippen molar-refractivity contribution in [2.75, 3.05) is 0 Å². The molecule has 1 rings (SSSR count). The Balaban J connectivity index is 2.34. The lowest BCUT2D eigenvalue weighted by Crippen LogP contribution is -2.19. The third-order valence-corrected chi connectivity index (χ3v) is 0.639. The molecule has 2 nitrogen and oxygen atoms in total. The molecule has 0 N–H and O–H groups in total. The van der Waals surface area contributed by atoms with Gasteiger partial charge in [-0.1, -0.05) is 0 Å². The Hall–Kier alpha value is -1.00. The second-order valence-corrected chi connectivity index (χ2v) is 1.33. The summed E-state index contributed by atoms with van der Waals surface area (Å²) in [6.07, 6.45) is -2.25. The lowest BCUT2D eigenvalue weighted by Gasteiger charge is -2.09. The van der Waals surface area contributed by atoms with E-state index in [9.17, 15) is 13.2 Å². The third kappa shape index (κ3) is 1.75.